The summed E-state index contributed by atoms with van der Waals surface area (Å²) in [5, 5.41) is 0. The molecule has 0 saturated heterocycles. The Hall–Kier alpha value is -1.31. The summed E-state index contributed by atoms with van der Waals surface area (Å²) in [6, 6.07) is 7.86. The third kappa shape index (κ3) is 2.92. The molecular weight excluding hydrogens is 320 g/mol. The van der Waals surface area contributed by atoms with Crippen LogP contribution >= 0.6 is 15.9 Å². The number of rotatable bonds is 4. The van der Waals surface area contributed by atoms with Gasteiger partial charge in [0, 0.05) is 10.2 Å². The predicted molar refractivity (Wildman–Crippen MR) is 71.3 cm³/mol. The average molecular weight is 331 g/mol. The second kappa shape index (κ2) is 5.13. The van der Waals surface area contributed by atoms with E-state index in [1.54, 1.807) is 18.2 Å². The number of nitrogen functional groups attached to an aromatic ring is 1. The normalized spacial score (nSPS) is 11.6. The molecule has 0 bridgehead atoms. The molecule has 1 aromatic heterocycles. The molecule has 0 atom stereocenters. The van der Waals surface area contributed by atoms with Crippen LogP contribution in [-0.2, 0) is 16.6 Å². The van der Waals surface area contributed by atoms with Gasteiger partial charge in [0.25, 0.3) is 0 Å². The molecular formula is C11H11BrN2O3S. The quantitative estimate of drug-likeness (QED) is 0.840. The SMILES string of the molecule is Nc1cc(S(=O)(=O)NCc2ccco2)ccc1Br. The maximum Gasteiger partial charge on any atom is 0.241 e. The molecule has 18 heavy (non-hydrogen) atoms. The van der Waals surface area contributed by atoms with Gasteiger partial charge in [-0.15, -0.1) is 0 Å². The van der Waals surface area contributed by atoms with Gasteiger partial charge in [-0.05, 0) is 46.3 Å². The van der Waals surface area contributed by atoms with E-state index in [1.165, 1.54) is 18.4 Å². The summed E-state index contributed by atoms with van der Waals surface area (Å²) in [4.78, 5) is 0.120. The number of nitrogens with one attached hydrogen (secondary N) is 1. The fraction of sp³-hybridized carbons (Fsp3) is 0.0909. The third-order valence-corrected chi connectivity index (χ3v) is 4.42. The lowest BCUT2D eigenvalue weighted by atomic mass is 10.3. The van der Waals surface area contributed by atoms with Crippen LogP contribution in [0, 0.1) is 0 Å². The summed E-state index contributed by atoms with van der Waals surface area (Å²) in [6.45, 7) is 0.102. The van der Waals surface area contributed by atoms with E-state index in [1.807, 2.05) is 0 Å². The predicted octanol–water partition coefficient (Wildman–Crippen LogP) is 2.10. The molecule has 96 valence electrons. The molecule has 0 fully saturated rings. The summed E-state index contributed by atoms with van der Waals surface area (Å²) in [6.07, 6.45) is 1.49. The van der Waals surface area contributed by atoms with Crippen LogP contribution in [0.3, 0.4) is 0 Å². The standard InChI is InChI=1S/C11H11BrN2O3S/c12-10-4-3-9(6-11(10)13)18(15,16)14-7-8-2-1-5-17-8/h1-6,14H,7,13H2. The van der Waals surface area contributed by atoms with E-state index < -0.39 is 10.0 Å². The van der Waals surface area contributed by atoms with Gasteiger partial charge in [0.1, 0.15) is 5.76 Å². The minimum Gasteiger partial charge on any atom is -0.468 e. The van der Waals surface area contributed by atoms with Crippen molar-refractivity contribution in [3.05, 3.63) is 46.8 Å². The van der Waals surface area contributed by atoms with Gasteiger partial charge in [0.05, 0.1) is 17.7 Å². The van der Waals surface area contributed by atoms with E-state index >= 15 is 0 Å². The minimum absolute atomic E-state index is 0.102. The van der Waals surface area contributed by atoms with Crippen LogP contribution in [-0.4, -0.2) is 8.42 Å². The highest BCUT2D eigenvalue weighted by molar-refractivity contribution is 9.10. The molecule has 0 amide bonds. The maximum atomic E-state index is 12.0. The van der Waals surface area contributed by atoms with Crippen molar-refractivity contribution in [2.24, 2.45) is 0 Å². The number of furan rings is 1. The van der Waals surface area contributed by atoms with Gasteiger partial charge in [-0.2, -0.15) is 0 Å². The zero-order valence-corrected chi connectivity index (χ0v) is 11.7. The largest absolute Gasteiger partial charge is 0.468 e. The summed E-state index contributed by atoms with van der Waals surface area (Å²) in [5.41, 5.74) is 6.02. The molecule has 1 heterocycles. The van der Waals surface area contributed by atoms with Crippen LogP contribution in [0.15, 0.2) is 50.4 Å². The second-order valence-corrected chi connectivity index (χ2v) is 6.21. The van der Waals surface area contributed by atoms with Crippen molar-refractivity contribution in [2.75, 3.05) is 5.73 Å². The molecule has 3 N–H and O–H groups in total. The Morgan fingerprint density at radius 1 is 1.33 bits per heavy atom. The molecule has 1 aromatic carbocycles. The number of benzene rings is 1. The fourth-order valence-electron chi connectivity index (χ4n) is 1.35. The molecule has 7 heteroatoms. The van der Waals surface area contributed by atoms with E-state index in [2.05, 4.69) is 20.7 Å². The summed E-state index contributed by atoms with van der Waals surface area (Å²) >= 11 is 3.21. The van der Waals surface area contributed by atoms with E-state index in [-0.39, 0.29) is 11.4 Å². The lowest BCUT2D eigenvalue weighted by Crippen LogP contribution is -2.23. The zero-order chi connectivity index (χ0) is 13.2. The van der Waals surface area contributed by atoms with Crippen molar-refractivity contribution >= 4 is 31.6 Å². The first-order chi connectivity index (χ1) is 8.49. The Kier molecular flexibility index (Phi) is 3.74. The summed E-state index contributed by atoms with van der Waals surface area (Å²) in [7, 11) is -3.59. The summed E-state index contributed by atoms with van der Waals surface area (Å²) < 4.78 is 32.1. The zero-order valence-electron chi connectivity index (χ0n) is 9.26. The molecule has 0 saturated carbocycles. The molecule has 5 nitrogen and oxygen atoms in total. The molecule has 2 rings (SSSR count). The van der Waals surface area contributed by atoms with Gasteiger partial charge in [0.15, 0.2) is 0 Å². The minimum atomic E-state index is -3.59. The highest BCUT2D eigenvalue weighted by Crippen LogP contribution is 2.22. The van der Waals surface area contributed by atoms with Crippen molar-refractivity contribution in [1.29, 1.82) is 0 Å². The second-order valence-electron chi connectivity index (χ2n) is 3.59. The maximum absolute atomic E-state index is 12.0. The van der Waals surface area contributed by atoms with Crippen LogP contribution < -0.4 is 10.5 Å². The number of nitrogens with two attached hydrogens (primary N) is 1. The number of halogens is 1. The van der Waals surface area contributed by atoms with E-state index in [0.717, 1.165) is 0 Å². The first kappa shape index (κ1) is 13.1. The monoisotopic (exact) mass is 330 g/mol. The average Bonchev–Trinajstić information content (AvgIpc) is 2.83. The lowest BCUT2D eigenvalue weighted by Gasteiger charge is -2.07. The fourth-order valence-corrected chi connectivity index (χ4v) is 2.63. The van der Waals surface area contributed by atoms with E-state index in [4.69, 9.17) is 10.2 Å². The molecule has 0 spiro atoms. The molecule has 0 aliphatic heterocycles. The summed E-state index contributed by atoms with van der Waals surface area (Å²) in [5.74, 6) is 0.545. The van der Waals surface area contributed by atoms with Gasteiger partial charge in [-0.1, -0.05) is 0 Å². The van der Waals surface area contributed by atoms with Crippen LogP contribution in [0.5, 0.6) is 0 Å². The van der Waals surface area contributed by atoms with Crippen LogP contribution in [0.4, 0.5) is 5.69 Å². The van der Waals surface area contributed by atoms with E-state index in [0.29, 0.717) is 15.9 Å². The van der Waals surface area contributed by atoms with Gasteiger partial charge >= 0.3 is 0 Å². The molecule has 0 aliphatic rings. The van der Waals surface area contributed by atoms with E-state index in [9.17, 15) is 8.42 Å². The topological polar surface area (TPSA) is 85.3 Å². The lowest BCUT2D eigenvalue weighted by molar-refractivity contribution is 0.498. The van der Waals surface area contributed by atoms with Crippen LogP contribution in [0.2, 0.25) is 0 Å². The Morgan fingerprint density at radius 3 is 2.72 bits per heavy atom. The number of anilines is 1. The Morgan fingerprint density at radius 2 is 2.11 bits per heavy atom. The first-order valence-corrected chi connectivity index (χ1v) is 7.34. The number of hydrogen-bond donors (Lipinski definition) is 2. The third-order valence-electron chi connectivity index (χ3n) is 2.29. The molecule has 0 radical (unpaired) electrons. The smallest absolute Gasteiger partial charge is 0.241 e. The van der Waals surface area contributed by atoms with Crippen molar-refractivity contribution in [3.63, 3.8) is 0 Å². The van der Waals surface area contributed by atoms with Crippen molar-refractivity contribution in [2.45, 2.75) is 11.4 Å². The number of hydrogen-bond acceptors (Lipinski definition) is 4. The molecule has 0 unspecified atom stereocenters. The van der Waals surface area contributed by atoms with Crippen molar-refractivity contribution in [3.8, 4) is 0 Å². The van der Waals surface area contributed by atoms with Gasteiger partial charge < -0.3 is 10.2 Å². The van der Waals surface area contributed by atoms with Gasteiger partial charge in [0.2, 0.25) is 10.0 Å². The highest BCUT2D eigenvalue weighted by Gasteiger charge is 2.15. The Bertz CT molecular complexity index is 638. The van der Waals surface area contributed by atoms with Crippen molar-refractivity contribution < 1.29 is 12.8 Å². The first-order valence-electron chi connectivity index (χ1n) is 5.06. The Labute approximate surface area is 113 Å². The van der Waals surface area contributed by atoms with Crippen LogP contribution in [0.1, 0.15) is 5.76 Å². The molecule has 0 aliphatic carbocycles. The van der Waals surface area contributed by atoms with Gasteiger partial charge in [-0.3, -0.25) is 0 Å². The Balaban J connectivity index is 2.17. The van der Waals surface area contributed by atoms with Crippen molar-refractivity contribution in [1.82, 2.24) is 4.72 Å². The van der Waals surface area contributed by atoms with Crippen LogP contribution in [0.25, 0.3) is 0 Å². The highest BCUT2D eigenvalue weighted by atomic mass is 79.9. The number of sulfonamides is 1. The molecule has 2 aromatic rings. The van der Waals surface area contributed by atoms with Gasteiger partial charge in [-0.25, -0.2) is 13.1 Å².